The molecule has 2 atom stereocenters. The van der Waals surface area contributed by atoms with Crippen molar-refractivity contribution in [1.82, 2.24) is 34.8 Å². The third-order valence-electron chi connectivity index (χ3n) is 6.73. The average molecular weight is 531 g/mol. The first-order valence-electron chi connectivity index (χ1n) is 13.1. The van der Waals surface area contributed by atoms with Crippen molar-refractivity contribution in [3.8, 4) is 0 Å². The SMILES string of the molecule is CCCn1c2nc(NC3C=C(N[C@H](CO)c4ccccc4)C(c4nnco4)=CN3C)ccc2c(=O)n1C(C)C. The molecule has 0 aliphatic carbocycles. The quantitative estimate of drug-likeness (QED) is 0.282. The Bertz CT molecular complexity index is 1540. The second kappa shape index (κ2) is 11.2. The van der Waals surface area contributed by atoms with Crippen molar-refractivity contribution in [3.05, 3.63) is 88.6 Å². The van der Waals surface area contributed by atoms with Gasteiger partial charge in [0.25, 0.3) is 11.4 Å². The fourth-order valence-electron chi connectivity index (χ4n) is 4.87. The van der Waals surface area contributed by atoms with Gasteiger partial charge < -0.3 is 25.1 Å². The summed E-state index contributed by atoms with van der Waals surface area (Å²) in [5.41, 5.74) is 3.01. The lowest BCUT2D eigenvalue weighted by atomic mass is 10.0. The number of nitrogens with zero attached hydrogens (tertiary/aromatic N) is 6. The number of rotatable bonds is 10. The van der Waals surface area contributed by atoms with Gasteiger partial charge in [0.15, 0.2) is 5.65 Å². The summed E-state index contributed by atoms with van der Waals surface area (Å²) < 4.78 is 9.26. The molecule has 1 aliphatic heterocycles. The van der Waals surface area contributed by atoms with Gasteiger partial charge in [-0.2, -0.15) is 0 Å². The smallest absolute Gasteiger partial charge is 0.276 e. The molecule has 0 bridgehead atoms. The molecule has 0 fully saturated rings. The maximum absolute atomic E-state index is 13.1. The van der Waals surface area contributed by atoms with Gasteiger partial charge in [0.1, 0.15) is 12.0 Å². The Kier molecular flexibility index (Phi) is 7.51. The summed E-state index contributed by atoms with van der Waals surface area (Å²) in [6, 6.07) is 13.1. The van der Waals surface area contributed by atoms with Crippen molar-refractivity contribution in [2.24, 2.45) is 0 Å². The monoisotopic (exact) mass is 530 g/mol. The number of hydrogen-bond donors (Lipinski definition) is 3. The average Bonchev–Trinajstić information content (AvgIpc) is 3.56. The number of hydrogen-bond acceptors (Lipinski definition) is 9. The van der Waals surface area contributed by atoms with Crippen LogP contribution < -0.4 is 16.2 Å². The van der Waals surface area contributed by atoms with E-state index in [9.17, 15) is 9.90 Å². The fourth-order valence-corrected chi connectivity index (χ4v) is 4.87. The molecule has 4 heterocycles. The zero-order valence-electron chi connectivity index (χ0n) is 22.6. The Balaban J connectivity index is 1.50. The van der Waals surface area contributed by atoms with Gasteiger partial charge in [0.2, 0.25) is 6.39 Å². The van der Waals surface area contributed by atoms with E-state index < -0.39 is 0 Å². The van der Waals surface area contributed by atoms with E-state index in [1.807, 2.05) is 85.2 Å². The molecule has 1 aliphatic rings. The number of fused-ring (bicyclic) bond motifs is 1. The highest BCUT2D eigenvalue weighted by Crippen LogP contribution is 2.29. The Hall–Kier alpha value is -4.38. The number of anilines is 1. The van der Waals surface area contributed by atoms with Gasteiger partial charge in [-0.25, -0.2) is 9.67 Å². The molecule has 1 unspecified atom stereocenters. The fraction of sp³-hybridized carbons (Fsp3) is 0.357. The third kappa shape index (κ3) is 5.17. The topological polar surface area (TPSA) is 126 Å². The number of aromatic nitrogens is 5. The molecule has 0 radical (unpaired) electrons. The second-order valence-electron chi connectivity index (χ2n) is 9.85. The van der Waals surface area contributed by atoms with E-state index in [4.69, 9.17) is 9.40 Å². The lowest BCUT2D eigenvalue weighted by Crippen LogP contribution is -2.38. The predicted molar refractivity (Wildman–Crippen MR) is 150 cm³/mol. The lowest BCUT2D eigenvalue weighted by molar-refractivity contribution is 0.252. The molecular formula is C28H34N8O3. The van der Waals surface area contributed by atoms with Crippen LogP contribution in [0, 0.1) is 0 Å². The molecule has 11 nitrogen and oxygen atoms in total. The Morgan fingerprint density at radius 3 is 2.62 bits per heavy atom. The standard InChI is InChI=1S/C28H34N8O3/c1-5-13-35-26-20(28(38)36(35)18(2)3)11-12-24(32-26)31-25-14-22(21(15-34(25)4)27-33-29-17-39-27)30-23(16-37)19-9-7-6-8-10-19/h6-12,14-15,17-18,23,25,30,37H,5,13,16H2,1-4H3,(H,31,32)/t23-,25?/m1/s1. The Morgan fingerprint density at radius 1 is 1.15 bits per heavy atom. The van der Waals surface area contributed by atoms with Crippen LogP contribution in [0.5, 0.6) is 0 Å². The Labute approximate surface area is 226 Å². The van der Waals surface area contributed by atoms with Crippen molar-refractivity contribution >= 4 is 22.4 Å². The summed E-state index contributed by atoms with van der Waals surface area (Å²) in [5, 5.41) is 25.7. The van der Waals surface area contributed by atoms with Crippen molar-refractivity contribution in [2.45, 2.75) is 52.0 Å². The normalized spacial score (nSPS) is 16.4. The summed E-state index contributed by atoms with van der Waals surface area (Å²) in [7, 11) is 1.93. The summed E-state index contributed by atoms with van der Waals surface area (Å²) in [4.78, 5) is 19.9. The van der Waals surface area contributed by atoms with E-state index in [2.05, 4.69) is 27.8 Å². The Morgan fingerprint density at radius 2 is 1.95 bits per heavy atom. The van der Waals surface area contributed by atoms with Crippen LogP contribution in [0.25, 0.3) is 16.6 Å². The molecule has 39 heavy (non-hydrogen) atoms. The van der Waals surface area contributed by atoms with Gasteiger partial charge in [-0.15, -0.1) is 10.2 Å². The first-order valence-corrected chi connectivity index (χ1v) is 13.1. The molecule has 0 saturated carbocycles. The van der Waals surface area contributed by atoms with E-state index >= 15 is 0 Å². The van der Waals surface area contributed by atoms with Crippen LogP contribution in [-0.2, 0) is 6.54 Å². The molecule has 3 aromatic heterocycles. The highest BCUT2D eigenvalue weighted by Gasteiger charge is 2.26. The zero-order chi connectivity index (χ0) is 27.5. The number of aryl methyl sites for hydroxylation is 1. The van der Waals surface area contributed by atoms with Gasteiger partial charge in [-0.05, 0) is 44.0 Å². The summed E-state index contributed by atoms with van der Waals surface area (Å²) in [6.45, 7) is 6.69. The number of pyridine rings is 1. The highest BCUT2D eigenvalue weighted by atomic mass is 16.4. The van der Waals surface area contributed by atoms with Crippen LogP contribution in [-0.4, -0.2) is 54.4 Å². The first-order chi connectivity index (χ1) is 18.9. The third-order valence-corrected chi connectivity index (χ3v) is 6.73. The predicted octanol–water partition coefficient (Wildman–Crippen LogP) is 3.50. The zero-order valence-corrected chi connectivity index (χ0v) is 22.6. The highest BCUT2D eigenvalue weighted by molar-refractivity contribution is 5.77. The van der Waals surface area contributed by atoms with Crippen LogP contribution in [0.15, 0.2) is 76.0 Å². The minimum Gasteiger partial charge on any atom is -0.423 e. The van der Waals surface area contributed by atoms with Crippen molar-refractivity contribution in [1.29, 1.82) is 0 Å². The summed E-state index contributed by atoms with van der Waals surface area (Å²) >= 11 is 0. The molecule has 5 rings (SSSR count). The first kappa shape index (κ1) is 26.2. The van der Waals surface area contributed by atoms with Gasteiger partial charge in [-0.1, -0.05) is 37.3 Å². The number of aliphatic hydroxyl groups is 1. The summed E-state index contributed by atoms with van der Waals surface area (Å²) in [5.74, 6) is 0.999. The molecule has 0 saturated heterocycles. The van der Waals surface area contributed by atoms with Crippen LogP contribution in [0.2, 0.25) is 0 Å². The second-order valence-corrected chi connectivity index (χ2v) is 9.85. The van der Waals surface area contributed by atoms with Gasteiger partial charge >= 0.3 is 0 Å². The lowest BCUT2D eigenvalue weighted by Gasteiger charge is -2.33. The number of aliphatic hydroxyl groups excluding tert-OH is 1. The summed E-state index contributed by atoms with van der Waals surface area (Å²) in [6.07, 6.45) is 5.78. The van der Waals surface area contributed by atoms with Gasteiger partial charge in [0, 0.05) is 31.5 Å². The minimum atomic E-state index is -0.346. The van der Waals surface area contributed by atoms with Crippen molar-refractivity contribution in [2.75, 3.05) is 19.0 Å². The molecular weight excluding hydrogens is 496 g/mol. The number of nitrogens with one attached hydrogen (secondary N) is 2. The van der Waals surface area contributed by atoms with Crippen LogP contribution in [0.4, 0.5) is 5.82 Å². The number of likely N-dealkylation sites (N-methyl/N-ethyl adjacent to an activating group) is 1. The number of allylic oxidation sites excluding steroid dienone is 1. The molecule has 0 amide bonds. The number of benzene rings is 1. The molecule has 4 aromatic rings. The van der Waals surface area contributed by atoms with E-state index in [0.29, 0.717) is 34.9 Å². The van der Waals surface area contributed by atoms with Crippen LogP contribution in [0.3, 0.4) is 0 Å². The van der Waals surface area contributed by atoms with Crippen LogP contribution in [0.1, 0.15) is 50.7 Å². The molecule has 3 N–H and O–H groups in total. The maximum atomic E-state index is 13.1. The molecule has 1 aromatic carbocycles. The van der Waals surface area contributed by atoms with Gasteiger partial charge in [-0.3, -0.25) is 9.48 Å². The van der Waals surface area contributed by atoms with E-state index in [-0.39, 0.29) is 30.4 Å². The van der Waals surface area contributed by atoms with Crippen molar-refractivity contribution in [3.63, 3.8) is 0 Å². The maximum Gasteiger partial charge on any atom is 0.276 e. The molecule has 0 spiro atoms. The molecule has 204 valence electrons. The largest absolute Gasteiger partial charge is 0.423 e. The van der Waals surface area contributed by atoms with Gasteiger partial charge in [0.05, 0.1) is 23.6 Å². The van der Waals surface area contributed by atoms with E-state index in [1.165, 1.54) is 6.39 Å². The van der Waals surface area contributed by atoms with E-state index in [0.717, 1.165) is 17.7 Å². The van der Waals surface area contributed by atoms with Crippen LogP contribution >= 0.6 is 0 Å². The minimum absolute atomic E-state index is 0.0213. The molecule has 11 heteroatoms. The van der Waals surface area contributed by atoms with E-state index in [1.54, 1.807) is 4.68 Å². The van der Waals surface area contributed by atoms with Crippen molar-refractivity contribution < 1.29 is 9.52 Å².